The zero-order valence-corrected chi connectivity index (χ0v) is 17.0. The molecule has 0 bridgehead atoms. The SMILES string of the molecule is O=C(CSc1nc2ccccc2c(=O)n1Cc1ccccc1)c1ccc(Cl)cc1. The van der Waals surface area contributed by atoms with E-state index < -0.39 is 0 Å². The molecular weight excluding hydrogens is 404 g/mol. The molecule has 0 N–H and O–H groups in total. The summed E-state index contributed by atoms with van der Waals surface area (Å²) in [7, 11) is 0. The van der Waals surface area contributed by atoms with Crippen molar-refractivity contribution in [2.45, 2.75) is 11.7 Å². The molecule has 1 aromatic heterocycles. The fraction of sp³-hybridized carbons (Fsp3) is 0.0870. The number of Topliss-reactive ketones (excluding diaryl/α,β-unsaturated/α-hetero) is 1. The number of rotatable bonds is 6. The minimum Gasteiger partial charge on any atom is -0.293 e. The zero-order valence-electron chi connectivity index (χ0n) is 15.4. The lowest BCUT2D eigenvalue weighted by Crippen LogP contribution is -2.24. The van der Waals surface area contributed by atoms with Gasteiger partial charge in [-0.05, 0) is 42.0 Å². The summed E-state index contributed by atoms with van der Waals surface area (Å²) in [6, 6.07) is 23.8. The van der Waals surface area contributed by atoms with E-state index in [4.69, 9.17) is 11.6 Å². The second-order valence-electron chi connectivity index (χ2n) is 6.51. The highest BCUT2D eigenvalue weighted by molar-refractivity contribution is 7.99. The van der Waals surface area contributed by atoms with Crippen LogP contribution in [-0.4, -0.2) is 21.1 Å². The molecule has 0 unspecified atom stereocenters. The van der Waals surface area contributed by atoms with Crippen LogP contribution in [0.3, 0.4) is 0 Å². The third-order valence-electron chi connectivity index (χ3n) is 4.51. The minimum atomic E-state index is -0.110. The summed E-state index contributed by atoms with van der Waals surface area (Å²) in [4.78, 5) is 30.3. The predicted octanol–water partition coefficient (Wildman–Crippen LogP) is 5.07. The van der Waals surface area contributed by atoms with E-state index >= 15 is 0 Å². The molecule has 3 aromatic carbocycles. The molecule has 4 rings (SSSR count). The number of nitrogens with zero attached hydrogens (tertiary/aromatic N) is 2. The third kappa shape index (κ3) is 4.42. The second-order valence-corrected chi connectivity index (χ2v) is 7.89. The first-order valence-corrected chi connectivity index (χ1v) is 10.4. The average Bonchev–Trinajstić information content (AvgIpc) is 2.75. The van der Waals surface area contributed by atoms with Gasteiger partial charge in [0.25, 0.3) is 5.56 Å². The Balaban J connectivity index is 1.68. The van der Waals surface area contributed by atoms with Crippen molar-refractivity contribution < 1.29 is 4.79 Å². The first-order valence-electron chi connectivity index (χ1n) is 9.07. The maximum atomic E-state index is 13.1. The van der Waals surface area contributed by atoms with Crippen LogP contribution in [-0.2, 0) is 6.54 Å². The number of thioether (sulfide) groups is 1. The fourth-order valence-electron chi connectivity index (χ4n) is 3.01. The standard InChI is InChI=1S/C23H17ClN2O2S/c24-18-12-10-17(11-13-18)21(27)15-29-23-25-20-9-5-4-8-19(20)22(28)26(23)14-16-6-2-1-3-7-16/h1-13H,14-15H2. The summed E-state index contributed by atoms with van der Waals surface area (Å²) < 4.78 is 1.64. The number of carbonyl (C=O) groups excluding carboxylic acids is 1. The van der Waals surface area contributed by atoms with E-state index in [1.54, 1.807) is 34.9 Å². The first-order chi connectivity index (χ1) is 14.1. The summed E-state index contributed by atoms with van der Waals surface area (Å²) in [6.07, 6.45) is 0. The van der Waals surface area contributed by atoms with Crippen LogP contribution in [0.4, 0.5) is 0 Å². The second kappa shape index (κ2) is 8.64. The molecule has 4 nitrogen and oxygen atoms in total. The highest BCUT2D eigenvalue weighted by atomic mass is 35.5. The van der Waals surface area contributed by atoms with E-state index in [1.807, 2.05) is 48.5 Å². The first kappa shape index (κ1) is 19.4. The lowest BCUT2D eigenvalue weighted by Gasteiger charge is -2.13. The van der Waals surface area contributed by atoms with Crippen LogP contribution >= 0.6 is 23.4 Å². The molecule has 0 fully saturated rings. The quantitative estimate of drug-likeness (QED) is 0.248. The number of ketones is 1. The molecule has 144 valence electrons. The van der Waals surface area contributed by atoms with Crippen molar-refractivity contribution in [2.75, 3.05) is 5.75 Å². The van der Waals surface area contributed by atoms with Gasteiger partial charge in [-0.15, -0.1) is 0 Å². The minimum absolute atomic E-state index is 0.0414. The van der Waals surface area contributed by atoms with Gasteiger partial charge in [0.15, 0.2) is 10.9 Å². The van der Waals surface area contributed by atoms with E-state index in [0.717, 1.165) is 5.56 Å². The van der Waals surface area contributed by atoms with Gasteiger partial charge in [0.05, 0.1) is 23.2 Å². The molecule has 29 heavy (non-hydrogen) atoms. The summed E-state index contributed by atoms with van der Waals surface area (Å²) in [5.41, 5.74) is 2.10. The number of hydrogen-bond acceptors (Lipinski definition) is 4. The number of para-hydroxylation sites is 1. The van der Waals surface area contributed by atoms with E-state index in [0.29, 0.717) is 33.2 Å². The number of halogens is 1. The van der Waals surface area contributed by atoms with Crippen LogP contribution < -0.4 is 5.56 Å². The van der Waals surface area contributed by atoms with Gasteiger partial charge in [-0.2, -0.15) is 0 Å². The third-order valence-corrected chi connectivity index (χ3v) is 5.74. The van der Waals surface area contributed by atoms with Crippen LogP contribution in [0.15, 0.2) is 88.8 Å². The lowest BCUT2D eigenvalue weighted by atomic mass is 10.1. The van der Waals surface area contributed by atoms with E-state index in [1.165, 1.54) is 11.8 Å². The van der Waals surface area contributed by atoms with Crippen molar-refractivity contribution >= 4 is 40.0 Å². The van der Waals surface area contributed by atoms with Crippen LogP contribution in [0.2, 0.25) is 5.02 Å². The van der Waals surface area contributed by atoms with Crippen molar-refractivity contribution in [3.05, 3.63) is 105 Å². The van der Waals surface area contributed by atoms with Gasteiger partial charge >= 0.3 is 0 Å². The fourth-order valence-corrected chi connectivity index (χ4v) is 4.03. The molecule has 0 aliphatic heterocycles. The molecule has 0 saturated carbocycles. The Hall–Kier alpha value is -2.89. The monoisotopic (exact) mass is 420 g/mol. The van der Waals surface area contributed by atoms with Gasteiger partial charge < -0.3 is 0 Å². The number of carbonyl (C=O) groups is 1. The van der Waals surface area contributed by atoms with Crippen LogP contribution in [0.1, 0.15) is 15.9 Å². The van der Waals surface area contributed by atoms with Gasteiger partial charge in [-0.25, -0.2) is 4.98 Å². The van der Waals surface area contributed by atoms with E-state index in [9.17, 15) is 9.59 Å². The van der Waals surface area contributed by atoms with E-state index in [-0.39, 0.29) is 17.1 Å². The Bertz CT molecular complexity index is 1220. The van der Waals surface area contributed by atoms with Crippen LogP contribution in [0, 0.1) is 0 Å². The number of aromatic nitrogens is 2. The van der Waals surface area contributed by atoms with Gasteiger partial charge in [-0.3, -0.25) is 14.2 Å². The molecule has 0 amide bonds. The molecule has 0 aliphatic carbocycles. The maximum absolute atomic E-state index is 13.1. The van der Waals surface area contributed by atoms with Gasteiger partial charge in [0.1, 0.15) is 0 Å². The number of hydrogen-bond donors (Lipinski definition) is 0. The smallest absolute Gasteiger partial charge is 0.262 e. The van der Waals surface area contributed by atoms with Crippen LogP contribution in [0.25, 0.3) is 10.9 Å². The normalized spacial score (nSPS) is 10.9. The molecule has 4 aromatic rings. The van der Waals surface area contributed by atoms with Gasteiger partial charge in [0.2, 0.25) is 0 Å². The molecule has 0 saturated heterocycles. The average molecular weight is 421 g/mol. The van der Waals surface area contributed by atoms with Gasteiger partial charge in [0, 0.05) is 10.6 Å². The molecule has 6 heteroatoms. The van der Waals surface area contributed by atoms with Crippen molar-refractivity contribution in [3.63, 3.8) is 0 Å². The summed E-state index contributed by atoms with van der Waals surface area (Å²) in [6.45, 7) is 0.398. The Morgan fingerprint density at radius 3 is 2.38 bits per heavy atom. The van der Waals surface area contributed by atoms with Crippen molar-refractivity contribution in [2.24, 2.45) is 0 Å². The van der Waals surface area contributed by atoms with Crippen molar-refractivity contribution in [1.82, 2.24) is 9.55 Å². The molecule has 0 radical (unpaired) electrons. The molecule has 1 heterocycles. The zero-order chi connectivity index (χ0) is 20.2. The van der Waals surface area contributed by atoms with Gasteiger partial charge in [-0.1, -0.05) is 65.8 Å². The highest BCUT2D eigenvalue weighted by Gasteiger charge is 2.14. The Morgan fingerprint density at radius 1 is 0.931 bits per heavy atom. The number of fused-ring (bicyclic) bond motifs is 1. The largest absolute Gasteiger partial charge is 0.293 e. The number of benzene rings is 3. The van der Waals surface area contributed by atoms with Crippen molar-refractivity contribution in [1.29, 1.82) is 0 Å². The molecule has 0 atom stereocenters. The summed E-state index contributed by atoms with van der Waals surface area (Å²) in [5.74, 6) is 0.140. The molecular formula is C23H17ClN2O2S. The lowest BCUT2D eigenvalue weighted by molar-refractivity contribution is 0.102. The molecule has 0 aliphatic rings. The van der Waals surface area contributed by atoms with Crippen molar-refractivity contribution in [3.8, 4) is 0 Å². The summed E-state index contributed by atoms with van der Waals surface area (Å²) >= 11 is 7.17. The predicted molar refractivity (Wildman–Crippen MR) is 118 cm³/mol. The summed E-state index contributed by atoms with van der Waals surface area (Å²) in [5, 5.41) is 1.68. The topological polar surface area (TPSA) is 52.0 Å². The van der Waals surface area contributed by atoms with E-state index in [2.05, 4.69) is 4.98 Å². The van der Waals surface area contributed by atoms with Crippen LogP contribution in [0.5, 0.6) is 0 Å². The Labute approximate surface area is 177 Å². The maximum Gasteiger partial charge on any atom is 0.262 e. The highest BCUT2D eigenvalue weighted by Crippen LogP contribution is 2.21. The molecule has 0 spiro atoms. The Kier molecular flexibility index (Phi) is 5.79. The Morgan fingerprint density at radius 2 is 1.62 bits per heavy atom.